The lowest BCUT2D eigenvalue weighted by Gasteiger charge is -2.21. The number of esters is 1. The van der Waals surface area contributed by atoms with E-state index in [1.54, 1.807) is 13.1 Å². The number of rotatable bonds is 4. The first-order valence-electron chi connectivity index (χ1n) is 6.18. The minimum absolute atomic E-state index is 0.123. The Morgan fingerprint density at radius 2 is 2.05 bits per heavy atom. The largest absolute Gasteiger partial charge is 0.465 e. The number of aromatic nitrogens is 1. The van der Waals surface area contributed by atoms with E-state index in [1.807, 2.05) is 20.8 Å². The van der Waals surface area contributed by atoms with Gasteiger partial charge in [-0.3, -0.25) is 4.79 Å². The number of nitrogens with zero attached hydrogens (tertiary/aromatic N) is 1. The lowest BCUT2D eigenvalue weighted by Crippen LogP contribution is -2.30. The average molecular weight is 264 g/mol. The molecule has 1 rings (SSSR count). The van der Waals surface area contributed by atoms with Crippen LogP contribution >= 0.6 is 0 Å². The Bertz CT molecular complexity index is 495. The quantitative estimate of drug-likeness (QED) is 0.848. The van der Waals surface area contributed by atoms with Crippen molar-refractivity contribution in [3.63, 3.8) is 0 Å². The molecule has 0 atom stereocenters. The van der Waals surface area contributed by atoms with Crippen LogP contribution < -0.4 is 5.32 Å². The smallest absolute Gasteiger partial charge is 0.338 e. The highest BCUT2D eigenvalue weighted by Gasteiger charge is 2.25. The molecule has 0 unspecified atom stereocenters. The lowest BCUT2D eigenvalue weighted by atomic mass is 9.89. The standard InChI is InChI=1S/C14H20N2O3/c1-6-14(3,4)13(18)16-11-7-10(12(17)19-5)9(2)8-15-11/h7-8H,6H2,1-5H3,(H,15,16,18). The van der Waals surface area contributed by atoms with E-state index in [0.717, 1.165) is 0 Å². The Labute approximate surface area is 113 Å². The Morgan fingerprint density at radius 1 is 1.42 bits per heavy atom. The van der Waals surface area contributed by atoms with Crippen molar-refractivity contribution >= 4 is 17.7 Å². The van der Waals surface area contributed by atoms with Crippen molar-refractivity contribution in [2.24, 2.45) is 5.41 Å². The molecule has 5 nitrogen and oxygen atoms in total. The number of carbonyl (C=O) groups is 2. The van der Waals surface area contributed by atoms with Crippen molar-refractivity contribution in [3.8, 4) is 0 Å². The Balaban J connectivity index is 2.98. The summed E-state index contributed by atoms with van der Waals surface area (Å²) in [6, 6.07) is 1.53. The molecule has 0 saturated carbocycles. The molecular weight excluding hydrogens is 244 g/mol. The van der Waals surface area contributed by atoms with Gasteiger partial charge in [-0.1, -0.05) is 20.8 Å². The van der Waals surface area contributed by atoms with Gasteiger partial charge >= 0.3 is 5.97 Å². The zero-order chi connectivity index (χ0) is 14.6. The van der Waals surface area contributed by atoms with Crippen LogP contribution in [-0.2, 0) is 9.53 Å². The van der Waals surface area contributed by atoms with Crippen molar-refractivity contribution in [2.75, 3.05) is 12.4 Å². The molecule has 1 heterocycles. The van der Waals surface area contributed by atoms with Crippen LogP contribution in [-0.4, -0.2) is 24.0 Å². The summed E-state index contributed by atoms with van der Waals surface area (Å²) < 4.78 is 4.69. The Morgan fingerprint density at radius 3 is 2.58 bits per heavy atom. The number of nitrogens with one attached hydrogen (secondary N) is 1. The van der Waals surface area contributed by atoms with Gasteiger partial charge in [0.2, 0.25) is 5.91 Å². The average Bonchev–Trinajstić information content (AvgIpc) is 2.39. The first-order chi connectivity index (χ1) is 8.81. The van der Waals surface area contributed by atoms with Gasteiger partial charge in [0.25, 0.3) is 0 Å². The van der Waals surface area contributed by atoms with Crippen LogP contribution in [0.5, 0.6) is 0 Å². The zero-order valence-corrected chi connectivity index (χ0v) is 12.0. The normalized spacial score (nSPS) is 11.0. The monoisotopic (exact) mass is 264 g/mol. The van der Waals surface area contributed by atoms with Crippen LogP contribution in [0.25, 0.3) is 0 Å². The number of anilines is 1. The fourth-order valence-corrected chi connectivity index (χ4v) is 1.37. The van der Waals surface area contributed by atoms with Gasteiger partial charge in [-0.05, 0) is 25.0 Å². The maximum Gasteiger partial charge on any atom is 0.338 e. The third kappa shape index (κ3) is 3.53. The second kappa shape index (κ2) is 5.82. The second-order valence-electron chi connectivity index (χ2n) is 5.07. The second-order valence-corrected chi connectivity index (χ2v) is 5.07. The van der Waals surface area contributed by atoms with Crippen LogP contribution in [0, 0.1) is 12.3 Å². The molecule has 1 amide bonds. The van der Waals surface area contributed by atoms with Gasteiger partial charge < -0.3 is 10.1 Å². The molecule has 19 heavy (non-hydrogen) atoms. The molecule has 104 valence electrons. The molecule has 0 saturated heterocycles. The van der Waals surface area contributed by atoms with E-state index < -0.39 is 11.4 Å². The van der Waals surface area contributed by atoms with Gasteiger partial charge in [0, 0.05) is 11.6 Å². The summed E-state index contributed by atoms with van der Waals surface area (Å²) in [5.74, 6) is -0.204. The fraction of sp³-hybridized carbons (Fsp3) is 0.500. The zero-order valence-electron chi connectivity index (χ0n) is 12.0. The van der Waals surface area contributed by atoms with E-state index in [-0.39, 0.29) is 5.91 Å². The molecule has 1 N–H and O–H groups in total. The van der Waals surface area contributed by atoms with E-state index in [9.17, 15) is 9.59 Å². The van der Waals surface area contributed by atoms with Gasteiger partial charge in [-0.2, -0.15) is 0 Å². The van der Waals surface area contributed by atoms with Crippen LogP contribution in [0.15, 0.2) is 12.3 Å². The molecule has 5 heteroatoms. The molecule has 1 aromatic rings. The molecule has 0 fully saturated rings. The lowest BCUT2D eigenvalue weighted by molar-refractivity contribution is -0.124. The summed E-state index contributed by atoms with van der Waals surface area (Å²) in [5.41, 5.74) is 0.638. The van der Waals surface area contributed by atoms with Gasteiger partial charge in [0.1, 0.15) is 5.82 Å². The molecule has 0 spiro atoms. The Hall–Kier alpha value is -1.91. The number of ether oxygens (including phenoxy) is 1. The number of aryl methyl sites for hydroxylation is 1. The van der Waals surface area contributed by atoms with Crippen molar-refractivity contribution in [1.29, 1.82) is 0 Å². The molecule has 0 aromatic carbocycles. The van der Waals surface area contributed by atoms with Gasteiger partial charge in [-0.25, -0.2) is 9.78 Å². The number of carbonyl (C=O) groups excluding carboxylic acids is 2. The highest BCUT2D eigenvalue weighted by Crippen LogP contribution is 2.22. The van der Waals surface area contributed by atoms with Crippen molar-refractivity contribution < 1.29 is 14.3 Å². The number of hydrogen-bond donors (Lipinski definition) is 1. The molecule has 0 aliphatic heterocycles. The first-order valence-corrected chi connectivity index (χ1v) is 6.18. The van der Waals surface area contributed by atoms with E-state index in [1.165, 1.54) is 13.2 Å². The van der Waals surface area contributed by atoms with E-state index >= 15 is 0 Å². The third-order valence-electron chi connectivity index (χ3n) is 3.25. The third-order valence-corrected chi connectivity index (χ3v) is 3.25. The van der Waals surface area contributed by atoms with Crippen molar-refractivity contribution in [1.82, 2.24) is 4.98 Å². The van der Waals surface area contributed by atoms with E-state index in [2.05, 4.69) is 15.0 Å². The number of hydrogen-bond acceptors (Lipinski definition) is 4. The fourth-order valence-electron chi connectivity index (χ4n) is 1.37. The summed E-state index contributed by atoms with van der Waals surface area (Å²) in [5, 5.41) is 2.72. The Kier molecular flexibility index (Phi) is 4.64. The minimum atomic E-state index is -0.474. The van der Waals surface area contributed by atoms with Crippen LogP contribution in [0.1, 0.15) is 43.1 Å². The summed E-state index contributed by atoms with van der Waals surface area (Å²) in [6.07, 6.45) is 2.26. The SMILES string of the molecule is CCC(C)(C)C(=O)Nc1cc(C(=O)OC)c(C)cn1. The molecule has 0 aliphatic rings. The topological polar surface area (TPSA) is 68.3 Å². The number of pyridine rings is 1. The van der Waals surface area contributed by atoms with Crippen LogP contribution in [0.2, 0.25) is 0 Å². The van der Waals surface area contributed by atoms with Crippen molar-refractivity contribution in [3.05, 3.63) is 23.4 Å². The highest BCUT2D eigenvalue weighted by molar-refractivity contribution is 5.96. The summed E-state index contributed by atoms with van der Waals surface area (Å²) in [6.45, 7) is 7.43. The molecule has 1 aromatic heterocycles. The van der Waals surface area contributed by atoms with Gasteiger partial charge in [-0.15, -0.1) is 0 Å². The molecule has 0 aliphatic carbocycles. The van der Waals surface area contributed by atoms with E-state index in [4.69, 9.17) is 0 Å². The molecule has 0 bridgehead atoms. The minimum Gasteiger partial charge on any atom is -0.465 e. The number of amides is 1. The predicted octanol–water partition coefficient (Wildman–Crippen LogP) is 2.55. The summed E-state index contributed by atoms with van der Waals surface area (Å²) in [7, 11) is 1.32. The summed E-state index contributed by atoms with van der Waals surface area (Å²) >= 11 is 0. The first kappa shape index (κ1) is 15.1. The van der Waals surface area contributed by atoms with Crippen molar-refractivity contribution in [2.45, 2.75) is 34.1 Å². The maximum atomic E-state index is 12.0. The predicted molar refractivity (Wildman–Crippen MR) is 73.0 cm³/mol. The summed E-state index contributed by atoms with van der Waals surface area (Å²) in [4.78, 5) is 27.7. The molecular formula is C14H20N2O3. The van der Waals surface area contributed by atoms with Crippen LogP contribution in [0.3, 0.4) is 0 Å². The van der Waals surface area contributed by atoms with Gasteiger partial charge in [0.05, 0.1) is 12.7 Å². The van der Waals surface area contributed by atoms with Crippen LogP contribution in [0.4, 0.5) is 5.82 Å². The van der Waals surface area contributed by atoms with E-state index in [0.29, 0.717) is 23.4 Å². The highest BCUT2D eigenvalue weighted by atomic mass is 16.5. The molecule has 0 radical (unpaired) electrons. The maximum absolute atomic E-state index is 12.0. The van der Waals surface area contributed by atoms with Gasteiger partial charge in [0.15, 0.2) is 0 Å². The number of methoxy groups -OCH3 is 1.